The zero-order valence-corrected chi connectivity index (χ0v) is 16.8. The minimum absolute atomic E-state index is 0.0814. The van der Waals surface area contributed by atoms with Gasteiger partial charge in [-0.15, -0.1) is 5.10 Å². The monoisotopic (exact) mass is 439 g/mol. The zero-order chi connectivity index (χ0) is 21.6. The second kappa shape index (κ2) is 7.38. The number of aromatic nitrogens is 6. The summed E-state index contributed by atoms with van der Waals surface area (Å²) in [4.78, 5) is 18.2. The molecule has 12 heteroatoms. The summed E-state index contributed by atoms with van der Waals surface area (Å²) in [6.45, 7) is 4.55. The number of hydrogen-bond acceptors (Lipinski definition) is 5. The molecule has 1 aliphatic heterocycles. The van der Waals surface area contributed by atoms with E-state index < -0.39 is 28.4 Å². The number of nitrogens with zero attached hydrogens (tertiary/aromatic N) is 7. The molecular formula is C18H17ClF3N7O. The summed E-state index contributed by atoms with van der Waals surface area (Å²) in [5.41, 5.74) is -0.173. The van der Waals surface area contributed by atoms with Gasteiger partial charge in [-0.05, 0) is 19.9 Å². The fraction of sp³-hybridized carbons (Fsp3) is 0.389. The minimum Gasteiger partial charge on any atom is -0.328 e. The molecule has 1 amide bonds. The smallest absolute Gasteiger partial charge is 0.328 e. The van der Waals surface area contributed by atoms with Crippen molar-refractivity contribution in [2.75, 3.05) is 0 Å². The molecule has 0 unspecified atom stereocenters. The van der Waals surface area contributed by atoms with Crippen LogP contribution in [0.4, 0.5) is 13.2 Å². The van der Waals surface area contributed by atoms with Crippen molar-refractivity contribution >= 4 is 17.5 Å². The van der Waals surface area contributed by atoms with Gasteiger partial charge in [-0.1, -0.05) is 16.8 Å². The van der Waals surface area contributed by atoms with Crippen LogP contribution in [-0.4, -0.2) is 46.6 Å². The summed E-state index contributed by atoms with van der Waals surface area (Å²) in [7, 11) is 0. The number of fused-ring (bicyclic) bond motifs is 1. The second-order valence-corrected chi connectivity index (χ2v) is 7.31. The van der Waals surface area contributed by atoms with Crippen LogP contribution >= 0.6 is 11.6 Å². The Kier molecular flexibility index (Phi) is 5.00. The molecule has 4 rings (SSSR count). The normalized spacial score (nSPS) is 16.6. The number of carbonyl (C=O) groups is 1. The van der Waals surface area contributed by atoms with E-state index in [1.54, 1.807) is 16.3 Å². The second-order valence-electron chi connectivity index (χ2n) is 6.93. The molecule has 4 heterocycles. The van der Waals surface area contributed by atoms with Gasteiger partial charge in [0.05, 0.1) is 22.8 Å². The molecule has 0 radical (unpaired) electrons. The minimum atomic E-state index is -4.68. The van der Waals surface area contributed by atoms with E-state index in [4.69, 9.17) is 11.6 Å². The number of hydrogen-bond donors (Lipinski definition) is 0. The summed E-state index contributed by atoms with van der Waals surface area (Å²) in [6.07, 6.45) is -1.51. The maximum Gasteiger partial charge on any atom is 0.417 e. The van der Waals surface area contributed by atoms with Crippen LogP contribution in [0.5, 0.6) is 0 Å². The predicted octanol–water partition coefficient (Wildman–Crippen LogP) is 3.14. The Morgan fingerprint density at radius 1 is 1.33 bits per heavy atom. The van der Waals surface area contributed by atoms with Crippen LogP contribution in [0.2, 0.25) is 5.02 Å². The molecule has 0 bridgehead atoms. The van der Waals surface area contributed by atoms with Crippen LogP contribution in [0, 0.1) is 0 Å². The summed E-state index contributed by atoms with van der Waals surface area (Å²) < 4.78 is 42.8. The van der Waals surface area contributed by atoms with E-state index >= 15 is 0 Å². The summed E-state index contributed by atoms with van der Waals surface area (Å²) in [6, 6.07) is 2.23. The molecule has 0 saturated carbocycles. The van der Waals surface area contributed by atoms with E-state index in [1.165, 1.54) is 4.90 Å². The fourth-order valence-electron chi connectivity index (χ4n) is 3.41. The van der Waals surface area contributed by atoms with Crippen LogP contribution < -0.4 is 0 Å². The van der Waals surface area contributed by atoms with Gasteiger partial charge >= 0.3 is 6.18 Å². The quantitative estimate of drug-likeness (QED) is 0.626. The van der Waals surface area contributed by atoms with Crippen molar-refractivity contribution in [2.45, 2.75) is 45.6 Å². The molecule has 1 aliphatic rings. The standard InChI is InChI=1S/C18H17ClF3N7O/c1-3-27-7-5-14(25-27)29-13-8-10(2)28(9-12(13)24-26-29)17(30)16-15(19)11(4-6-23-16)18(20,21)22/h4-7,10H,3,8-9H2,1-2H3/t10-/m0/s1. The first-order valence-corrected chi connectivity index (χ1v) is 9.58. The van der Waals surface area contributed by atoms with E-state index in [-0.39, 0.29) is 12.6 Å². The molecular weight excluding hydrogens is 423 g/mol. The lowest BCUT2D eigenvalue weighted by atomic mass is 10.0. The number of carbonyl (C=O) groups excluding carboxylic acids is 1. The maximum absolute atomic E-state index is 13.1. The largest absolute Gasteiger partial charge is 0.417 e. The van der Waals surface area contributed by atoms with Crippen LogP contribution in [-0.2, 0) is 25.7 Å². The molecule has 3 aromatic heterocycles. The topological polar surface area (TPSA) is 81.7 Å². The number of halogens is 4. The average Bonchev–Trinajstić information content (AvgIpc) is 3.32. The molecule has 0 spiro atoms. The Bertz CT molecular complexity index is 1110. The molecule has 0 fully saturated rings. The van der Waals surface area contributed by atoms with Crippen LogP contribution in [0.15, 0.2) is 24.5 Å². The van der Waals surface area contributed by atoms with Crippen molar-refractivity contribution in [3.05, 3.63) is 52.2 Å². The van der Waals surface area contributed by atoms with Crippen LogP contribution in [0.25, 0.3) is 5.82 Å². The Labute approximate surface area is 174 Å². The number of pyridine rings is 1. The van der Waals surface area contributed by atoms with Crippen molar-refractivity contribution in [1.82, 2.24) is 34.7 Å². The van der Waals surface area contributed by atoms with Crippen LogP contribution in [0.1, 0.15) is 41.3 Å². The molecule has 30 heavy (non-hydrogen) atoms. The average molecular weight is 440 g/mol. The maximum atomic E-state index is 13.1. The molecule has 0 N–H and O–H groups in total. The molecule has 0 aromatic carbocycles. The highest BCUT2D eigenvalue weighted by Crippen LogP contribution is 2.36. The van der Waals surface area contributed by atoms with Gasteiger partial charge in [-0.3, -0.25) is 9.48 Å². The van der Waals surface area contributed by atoms with Crippen molar-refractivity contribution in [3.63, 3.8) is 0 Å². The number of alkyl halides is 3. The van der Waals surface area contributed by atoms with Crippen molar-refractivity contribution in [3.8, 4) is 5.82 Å². The lowest BCUT2D eigenvalue weighted by Gasteiger charge is -2.32. The van der Waals surface area contributed by atoms with Gasteiger partial charge < -0.3 is 4.90 Å². The van der Waals surface area contributed by atoms with Gasteiger partial charge in [0.1, 0.15) is 11.4 Å². The third-order valence-electron chi connectivity index (χ3n) is 5.01. The lowest BCUT2D eigenvalue weighted by molar-refractivity contribution is -0.137. The van der Waals surface area contributed by atoms with E-state index in [0.29, 0.717) is 24.5 Å². The molecule has 3 aromatic rings. The summed E-state index contributed by atoms with van der Waals surface area (Å²) in [5, 5.41) is 12.0. The van der Waals surface area contributed by atoms with E-state index in [2.05, 4.69) is 20.4 Å². The number of aryl methyl sites for hydroxylation is 1. The number of amides is 1. The Hall–Kier alpha value is -2.95. The SMILES string of the molecule is CCn1ccc(-n2nnc3c2C[C@H](C)N(C(=O)c2nccc(C(F)(F)F)c2Cl)C3)n1. The Morgan fingerprint density at radius 2 is 2.10 bits per heavy atom. The highest BCUT2D eigenvalue weighted by Gasteiger charge is 2.38. The summed E-state index contributed by atoms with van der Waals surface area (Å²) in [5.74, 6) is -0.0748. The van der Waals surface area contributed by atoms with Crippen molar-refractivity contribution in [1.29, 1.82) is 0 Å². The summed E-state index contributed by atoms with van der Waals surface area (Å²) >= 11 is 5.88. The van der Waals surface area contributed by atoms with Gasteiger partial charge in [0, 0.05) is 37.5 Å². The zero-order valence-electron chi connectivity index (χ0n) is 16.1. The molecule has 0 saturated heterocycles. The predicted molar refractivity (Wildman–Crippen MR) is 100 cm³/mol. The third kappa shape index (κ3) is 3.42. The fourth-order valence-corrected chi connectivity index (χ4v) is 3.71. The highest BCUT2D eigenvalue weighted by atomic mass is 35.5. The Balaban J connectivity index is 1.64. The van der Waals surface area contributed by atoms with Crippen molar-refractivity contribution < 1.29 is 18.0 Å². The highest BCUT2D eigenvalue weighted by molar-refractivity contribution is 6.34. The van der Waals surface area contributed by atoms with Crippen molar-refractivity contribution in [2.24, 2.45) is 0 Å². The molecule has 158 valence electrons. The molecule has 1 atom stereocenters. The van der Waals surface area contributed by atoms with Gasteiger partial charge in [-0.25, -0.2) is 4.98 Å². The van der Waals surface area contributed by atoms with Gasteiger partial charge in [0.25, 0.3) is 5.91 Å². The lowest BCUT2D eigenvalue weighted by Crippen LogP contribution is -2.43. The Morgan fingerprint density at radius 3 is 2.77 bits per heavy atom. The van der Waals surface area contributed by atoms with E-state index in [1.807, 2.05) is 19.2 Å². The molecule has 8 nitrogen and oxygen atoms in total. The first-order valence-electron chi connectivity index (χ1n) is 9.20. The van der Waals surface area contributed by atoms with Gasteiger partial charge in [-0.2, -0.15) is 23.0 Å². The first-order chi connectivity index (χ1) is 14.2. The van der Waals surface area contributed by atoms with Crippen LogP contribution in [0.3, 0.4) is 0 Å². The van der Waals surface area contributed by atoms with E-state index in [0.717, 1.165) is 18.0 Å². The third-order valence-corrected chi connectivity index (χ3v) is 5.39. The van der Waals surface area contributed by atoms with E-state index in [9.17, 15) is 18.0 Å². The first kappa shape index (κ1) is 20.3. The number of rotatable bonds is 3. The molecule has 0 aliphatic carbocycles. The van der Waals surface area contributed by atoms with Gasteiger partial charge in [0.2, 0.25) is 0 Å². The van der Waals surface area contributed by atoms with Gasteiger partial charge in [0.15, 0.2) is 5.82 Å².